The molecule has 2 aliphatic rings. The maximum atomic E-state index is 13.8. The Morgan fingerprint density at radius 3 is 2.50 bits per heavy atom. The number of carbonyl (C=O) groups excluding carboxylic acids is 3. The molecular formula is C26H33NO7. The molecule has 8 heteroatoms. The summed E-state index contributed by atoms with van der Waals surface area (Å²) in [6.07, 6.45) is 0.344. The lowest BCUT2D eigenvalue weighted by molar-refractivity contribution is -0.151. The number of dihydropyridines is 1. The third kappa shape index (κ3) is 5.01. The predicted octanol–water partition coefficient (Wildman–Crippen LogP) is 3.28. The van der Waals surface area contributed by atoms with Gasteiger partial charge in [0.2, 0.25) is 0 Å². The van der Waals surface area contributed by atoms with Crippen molar-refractivity contribution in [2.75, 3.05) is 27.4 Å². The zero-order chi connectivity index (χ0) is 25.0. The van der Waals surface area contributed by atoms with Crippen molar-refractivity contribution in [2.24, 2.45) is 11.8 Å². The second-order valence-electron chi connectivity index (χ2n) is 8.87. The number of carbonyl (C=O) groups is 3. The molecular weight excluding hydrogens is 438 g/mol. The Hall–Kier alpha value is -3.13. The van der Waals surface area contributed by atoms with E-state index < -0.39 is 23.8 Å². The molecule has 8 nitrogen and oxygen atoms in total. The lowest BCUT2D eigenvalue weighted by atomic mass is 9.69. The molecule has 1 heterocycles. The largest absolute Gasteiger partial charge is 0.491 e. The topological polar surface area (TPSA) is 100 Å². The number of hydrogen-bond acceptors (Lipinski definition) is 8. The van der Waals surface area contributed by atoms with Gasteiger partial charge >= 0.3 is 11.9 Å². The lowest BCUT2D eigenvalue weighted by Crippen LogP contribution is -2.43. The molecule has 1 aliphatic heterocycles. The van der Waals surface area contributed by atoms with Gasteiger partial charge in [-0.3, -0.25) is 9.59 Å². The van der Waals surface area contributed by atoms with Gasteiger partial charge in [-0.25, -0.2) is 4.79 Å². The first kappa shape index (κ1) is 25.5. The van der Waals surface area contributed by atoms with E-state index in [0.717, 1.165) is 0 Å². The Morgan fingerprint density at radius 2 is 1.85 bits per heavy atom. The van der Waals surface area contributed by atoms with E-state index in [4.69, 9.17) is 18.9 Å². The fourth-order valence-corrected chi connectivity index (χ4v) is 4.64. The van der Waals surface area contributed by atoms with E-state index in [0.29, 0.717) is 40.3 Å². The van der Waals surface area contributed by atoms with Crippen molar-refractivity contribution >= 4 is 17.7 Å². The van der Waals surface area contributed by atoms with Crippen LogP contribution in [0.4, 0.5) is 0 Å². The van der Waals surface area contributed by atoms with E-state index in [-0.39, 0.29) is 31.0 Å². The van der Waals surface area contributed by atoms with Crippen molar-refractivity contribution < 1.29 is 33.3 Å². The van der Waals surface area contributed by atoms with Gasteiger partial charge in [0, 0.05) is 29.6 Å². The van der Waals surface area contributed by atoms with Crippen molar-refractivity contribution in [3.05, 3.63) is 52.4 Å². The zero-order valence-electron chi connectivity index (χ0n) is 20.6. The summed E-state index contributed by atoms with van der Waals surface area (Å²) in [7, 11) is 2.80. The van der Waals surface area contributed by atoms with E-state index in [2.05, 4.69) is 5.32 Å². The van der Waals surface area contributed by atoms with Crippen LogP contribution in [0.15, 0.2) is 46.8 Å². The first-order valence-electron chi connectivity index (χ1n) is 11.5. The molecule has 0 unspecified atom stereocenters. The van der Waals surface area contributed by atoms with Crippen LogP contribution in [0.2, 0.25) is 0 Å². The van der Waals surface area contributed by atoms with E-state index in [1.807, 2.05) is 45.0 Å². The molecule has 184 valence electrons. The third-order valence-electron chi connectivity index (χ3n) is 6.08. The molecule has 1 N–H and O–H groups in total. The van der Waals surface area contributed by atoms with E-state index in [1.165, 1.54) is 14.2 Å². The molecule has 0 aromatic heterocycles. The van der Waals surface area contributed by atoms with Crippen LogP contribution >= 0.6 is 0 Å². The van der Waals surface area contributed by atoms with Gasteiger partial charge in [-0.15, -0.1) is 0 Å². The first-order valence-corrected chi connectivity index (χ1v) is 11.5. The van der Waals surface area contributed by atoms with Crippen molar-refractivity contribution in [1.29, 1.82) is 0 Å². The maximum Gasteiger partial charge on any atom is 0.336 e. The fraction of sp³-hybridized carbons (Fsp3) is 0.500. The monoisotopic (exact) mass is 471 g/mol. The van der Waals surface area contributed by atoms with E-state index >= 15 is 0 Å². The van der Waals surface area contributed by atoms with Crippen molar-refractivity contribution in [3.63, 3.8) is 0 Å². The molecule has 0 saturated heterocycles. The zero-order valence-corrected chi connectivity index (χ0v) is 20.6. The molecule has 0 spiro atoms. The van der Waals surface area contributed by atoms with Crippen LogP contribution < -0.4 is 10.1 Å². The standard InChI is InChI=1S/C26H33NO7/c1-14(2)34-19-10-8-7-9-17(19)22-21(26(30)33-12-11-31-5)16(4)27-18-13-15(3)20(25(29)32-6)24(28)23(18)22/h7-10,14-15,20,22,27H,11-13H2,1-6H3/t15-,20-,22+/m0/s1. The van der Waals surface area contributed by atoms with Gasteiger partial charge < -0.3 is 24.3 Å². The Kier molecular flexibility index (Phi) is 8.15. The average molecular weight is 472 g/mol. The van der Waals surface area contributed by atoms with Crippen LogP contribution in [-0.4, -0.2) is 51.3 Å². The molecule has 3 rings (SSSR count). The number of hydrogen-bond donors (Lipinski definition) is 1. The van der Waals surface area contributed by atoms with Crippen LogP contribution in [0.1, 0.15) is 45.6 Å². The number of ether oxygens (including phenoxy) is 4. The minimum Gasteiger partial charge on any atom is -0.491 e. The van der Waals surface area contributed by atoms with Gasteiger partial charge in [-0.05, 0) is 39.2 Å². The minimum atomic E-state index is -0.949. The molecule has 34 heavy (non-hydrogen) atoms. The summed E-state index contributed by atoms with van der Waals surface area (Å²) in [6, 6.07) is 7.33. The maximum absolute atomic E-state index is 13.8. The van der Waals surface area contributed by atoms with E-state index in [9.17, 15) is 14.4 Å². The number of para-hydroxylation sites is 1. The molecule has 1 aliphatic carbocycles. The molecule has 1 aromatic rings. The molecule has 0 saturated carbocycles. The van der Waals surface area contributed by atoms with Crippen LogP contribution in [-0.2, 0) is 28.6 Å². The SMILES string of the molecule is COCCOC(=O)C1=C(C)NC2=C(C(=O)[C@@H](C(=O)OC)[C@@H](C)C2)[C@@H]1c1ccccc1OC(C)C. The van der Waals surface area contributed by atoms with Crippen molar-refractivity contribution in [1.82, 2.24) is 5.32 Å². The van der Waals surface area contributed by atoms with Gasteiger partial charge in [0.25, 0.3) is 0 Å². The number of nitrogens with one attached hydrogen (secondary N) is 1. The molecule has 1 aromatic carbocycles. The highest BCUT2D eigenvalue weighted by Gasteiger charge is 2.47. The third-order valence-corrected chi connectivity index (χ3v) is 6.08. The first-order chi connectivity index (χ1) is 16.2. The Morgan fingerprint density at radius 1 is 1.15 bits per heavy atom. The number of methoxy groups -OCH3 is 2. The number of ketones is 1. The molecule has 0 amide bonds. The summed E-state index contributed by atoms with van der Waals surface area (Å²) < 4.78 is 21.5. The minimum absolute atomic E-state index is 0.0741. The Bertz CT molecular complexity index is 1020. The summed E-state index contributed by atoms with van der Waals surface area (Å²) >= 11 is 0. The Labute approximate surface area is 200 Å². The molecule has 0 radical (unpaired) electrons. The summed E-state index contributed by atoms with van der Waals surface area (Å²) in [5.41, 5.74) is 2.64. The highest BCUT2D eigenvalue weighted by atomic mass is 16.6. The smallest absolute Gasteiger partial charge is 0.336 e. The normalized spacial score (nSPS) is 22.3. The molecule has 3 atom stereocenters. The highest BCUT2D eigenvalue weighted by molar-refractivity contribution is 6.12. The number of allylic oxidation sites excluding steroid dienone is 3. The second-order valence-corrected chi connectivity index (χ2v) is 8.87. The average Bonchev–Trinajstić information content (AvgIpc) is 2.78. The Balaban J connectivity index is 2.18. The van der Waals surface area contributed by atoms with Crippen LogP contribution in [0.25, 0.3) is 0 Å². The van der Waals surface area contributed by atoms with Gasteiger partial charge in [0.15, 0.2) is 5.78 Å². The number of rotatable bonds is 8. The number of benzene rings is 1. The second kappa shape index (κ2) is 10.9. The summed E-state index contributed by atoms with van der Waals surface area (Å²) in [6.45, 7) is 7.78. The van der Waals surface area contributed by atoms with Crippen molar-refractivity contribution in [3.8, 4) is 5.75 Å². The number of esters is 2. The predicted molar refractivity (Wildman–Crippen MR) is 125 cm³/mol. The van der Waals surface area contributed by atoms with Crippen LogP contribution in [0.5, 0.6) is 5.75 Å². The van der Waals surface area contributed by atoms with E-state index in [1.54, 1.807) is 6.92 Å². The fourth-order valence-electron chi connectivity index (χ4n) is 4.64. The summed E-state index contributed by atoms with van der Waals surface area (Å²) in [5.74, 6) is -2.88. The summed E-state index contributed by atoms with van der Waals surface area (Å²) in [5, 5.41) is 3.25. The number of Topliss-reactive ketones (excluding diaryl/α,β-unsaturated/α-hetero) is 1. The van der Waals surface area contributed by atoms with Gasteiger partial charge in [0.1, 0.15) is 18.3 Å². The lowest BCUT2D eigenvalue weighted by Gasteiger charge is -2.38. The van der Waals surface area contributed by atoms with Crippen LogP contribution in [0, 0.1) is 11.8 Å². The van der Waals surface area contributed by atoms with Gasteiger partial charge in [-0.2, -0.15) is 0 Å². The van der Waals surface area contributed by atoms with Crippen molar-refractivity contribution in [2.45, 2.75) is 46.1 Å². The van der Waals surface area contributed by atoms with Gasteiger partial charge in [0.05, 0.1) is 31.3 Å². The highest BCUT2D eigenvalue weighted by Crippen LogP contribution is 2.47. The molecule has 0 fully saturated rings. The quantitative estimate of drug-likeness (QED) is 0.350. The van der Waals surface area contributed by atoms with Crippen LogP contribution in [0.3, 0.4) is 0 Å². The molecule has 0 bridgehead atoms. The summed E-state index contributed by atoms with van der Waals surface area (Å²) in [4.78, 5) is 39.6. The van der Waals surface area contributed by atoms with Gasteiger partial charge in [-0.1, -0.05) is 25.1 Å².